The van der Waals surface area contributed by atoms with E-state index in [1.54, 1.807) is 31.2 Å². The van der Waals surface area contributed by atoms with E-state index >= 15 is 0 Å². The molecule has 0 aliphatic carbocycles. The van der Waals surface area contributed by atoms with Crippen LogP contribution in [0.2, 0.25) is 0 Å². The molecule has 2 N–H and O–H groups in total. The number of aryl methyl sites for hydroxylation is 1. The Balaban J connectivity index is 1.25. The molecule has 1 aromatic carbocycles. The highest BCUT2D eigenvalue weighted by molar-refractivity contribution is 7.87. The van der Waals surface area contributed by atoms with Gasteiger partial charge in [-0.15, -0.1) is 5.10 Å². The standard InChI is InChI=1S/C20H27FN6O5S/c1-3-17(26-8-10-30-11-9-26)33(28,29)32-13-31-12-22-16-6-4-15(5-7-16)19-23-20-18(21)14(2)24-27(20)25-19/h4-7,17,22,24H,3,8-13H2,1-2H3. The average Bonchev–Trinajstić information content (AvgIpc) is 3.34. The van der Waals surface area contributed by atoms with Gasteiger partial charge in [0.15, 0.2) is 18.4 Å². The van der Waals surface area contributed by atoms with Crippen molar-refractivity contribution in [3.05, 3.63) is 35.8 Å². The number of hydrogen-bond donors (Lipinski definition) is 2. The highest BCUT2D eigenvalue weighted by Crippen LogP contribution is 2.21. The number of halogens is 1. The normalized spacial score (nSPS) is 16.3. The van der Waals surface area contributed by atoms with Gasteiger partial charge in [0.1, 0.15) is 12.1 Å². The molecule has 11 nitrogen and oxygen atoms in total. The van der Waals surface area contributed by atoms with Crippen LogP contribution in [0.15, 0.2) is 24.3 Å². The van der Waals surface area contributed by atoms with Gasteiger partial charge in [0.05, 0.1) is 18.9 Å². The maximum absolute atomic E-state index is 14.0. The lowest BCUT2D eigenvalue weighted by Crippen LogP contribution is -2.47. The van der Waals surface area contributed by atoms with Gasteiger partial charge in [-0.25, -0.2) is 13.6 Å². The van der Waals surface area contributed by atoms with Crippen LogP contribution < -0.4 is 5.32 Å². The maximum atomic E-state index is 14.0. The van der Waals surface area contributed by atoms with Crippen molar-refractivity contribution in [3.63, 3.8) is 0 Å². The summed E-state index contributed by atoms with van der Waals surface area (Å²) in [5.74, 6) is -0.0316. The molecule has 13 heteroatoms. The summed E-state index contributed by atoms with van der Waals surface area (Å²) in [5.41, 5.74) is 1.98. The molecule has 0 radical (unpaired) electrons. The van der Waals surface area contributed by atoms with Crippen molar-refractivity contribution < 1.29 is 26.5 Å². The molecular formula is C20H27FN6O5S. The monoisotopic (exact) mass is 482 g/mol. The van der Waals surface area contributed by atoms with E-state index in [0.717, 1.165) is 11.3 Å². The molecule has 1 unspecified atom stereocenters. The van der Waals surface area contributed by atoms with Crippen molar-refractivity contribution in [2.45, 2.75) is 25.6 Å². The van der Waals surface area contributed by atoms with E-state index in [4.69, 9.17) is 13.7 Å². The first-order chi connectivity index (χ1) is 15.9. The molecule has 1 aliphatic rings. The highest BCUT2D eigenvalue weighted by atomic mass is 32.2. The van der Waals surface area contributed by atoms with E-state index in [-0.39, 0.29) is 19.2 Å². The fourth-order valence-corrected chi connectivity index (χ4v) is 4.98. The third kappa shape index (κ3) is 5.33. The topological polar surface area (TPSA) is 123 Å². The zero-order valence-electron chi connectivity index (χ0n) is 18.5. The number of nitrogens with one attached hydrogen (secondary N) is 2. The second-order valence-corrected chi connectivity index (χ2v) is 9.33. The van der Waals surface area contributed by atoms with Crippen molar-refractivity contribution in [1.29, 1.82) is 0 Å². The predicted molar refractivity (Wildman–Crippen MR) is 118 cm³/mol. The van der Waals surface area contributed by atoms with Crippen molar-refractivity contribution in [2.75, 3.05) is 45.1 Å². The van der Waals surface area contributed by atoms with Gasteiger partial charge < -0.3 is 14.8 Å². The molecule has 0 amide bonds. The Morgan fingerprint density at radius 3 is 2.67 bits per heavy atom. The lowest BCUT2D eigenvalue weighted by Gasteiger charge is -2.32. The fourth-order valence-electron chi connectivity index (χ4n) is 3.63. The number of ether oxygens (including phenoxy) is 2. The first-order valence-electron chi connectivity index (χ1n) is 10.6. The predicted octanol–water partition coefficient (Wildman–Crippen LogP) is 1.93. The summed E-state index contributed by atoms with van der Waals surface area (Å²) < 4.78 is 55.9. The Morgan fingerprint density at radius 1 is 1.27 bits per heavy atom. The molecular weight excluding hydrogens is 455 g/mol. The number of fused-ring (bicyclic) bond motifs is 1. The number of anilines is 1. The van der Waals surface area contributed by atoms with Crippen molar-refractivity contribution in [2.24, 2.45) is 0 Å². The molecule has 0 spiro atoms. The number of aromatic nitrogens is 4. The van der Waals surface area contributed by atoms with Crippen molar-refractivity contribution in [3.8, 4) is 11.4 Å². The minimum absolute atomic E-state index is 0.0550. The molecule has 2 aromatic heterocycles. The van der Waals surface area contributed by atoms with E-state index in [2.05, 4.69) is 20.5 Å². The molecule has 1 atom stereocenters. The first-order valence-corrected chi connectivity index (χ1v) is 12.1. The fraction of sp³-hybridized carbons (Fsp3) is 0.500. The minimum atomic E-state index is -3.79. The van der Waals surface area contributed by atoms with Gasteiger partial charge >= 0.3 is 0 Å². The third-order valence-electron chi connectivity index (χ3n) is 5.36. The maximum Gasteiger partial charge on any atom is 0.285 e. The molecule has 1 saturated heterocycles. The Hall–Kier alpha value is -2.58. The summed E-state index contributed by atoms with van der Waals surface area (Å²) in [6.07, 6.45) is 0.417. The number of morpholine rings is 1. The van der Waals surface area contributed by atoms with Crippen LogP contribution in [0.3, 0.4) is 0 Å². The van der Waals surface area contributed by atoms with Crippen LogP contribution in [-0.2, 0) is 23.8 Å². The summed E-state index contributed by atoms with van der Waals surface area (Å²) >= 11 is 0. The quantitative estimate of drug-likeness (QED) is 0.253. The Kier molecular flexibility index (Phi) is 7.24. The Morgan fingerprint density at radius 2 is 2.00 bits per heavy atom. The summed E-state index contributed by atoms with van der Waals surface area (Å²) in [4.78, 5) is 6.07. The number of aromatic amines is 1. The van der Waals surface area contributed by atoms with Gasteiger partial charge in [-0.1, -0.05) is 6.92 Å². The van der Waals surface area contributed by atoms with Gasteiger partial charge in [-0.3, -0.25) is 10.00 Å². The molecule has 0 saturated carbocycles. The van der Waals surface area contributed by atoms with Gasteiger partial charge in [-0.2, -0.15) is 13.0 Å². The van der Waals surface area contributed by atoms with Gasteiger partial charge in [0.2, 0.25) is 5.65 Å². The number of nitrogens with zero attached hydrogens (tertiary/aromatic N) is 4. The molecule has 4 rings (SSSR count). The third-order valence-corrected chi connectivity index (χ3v) is 7.08. The van der Waals surface area contributed by atoms with Crippen LogP contribution >= 0.6 is 0 Å². The van der Waals surface area contributed by atoms with Gasteiger partial charge in [-0.05, 0) is 37.6 Å². The second-order valence-electron chi connectivity index (χ2n) is 7.56. The zero-order valence-corrected chi connectivity index (χ0v) is 19.3. The first kappa shape index (κ1) is 23.6. The average molecular weight is 483 g/mol. The van der Waals surface area contributed by atoms with Gasteiger partial charge in [0.25, 0.3) is 10.1 Å². The second kappa shape index (κ2) is 10.1. The summed E-state index contributed by atoms with van der Waals surface area (Å²) in [7, 11) is -3.79. The molecule has 1 aliphatic heterocycles. The minimum Gasteiger partial charge on any atom is -0.379 e. The van der Waals surface area contributed by atoms with Crippen LogP contribution in [0.25, 0.3) is 17.0 Å². The van der Waals surface area contributed by atoms with E-state index in [1.165, 1.54) is 4.63 Å². The van der Waals surface area contributed by atoms with Crippen LogP contribution in [0, 0.1) is 12.7 Å². The van der Waals surface area contributed by atoms with E-state index in [1.807, 2.05) is 11.8 Å². The van der Waals surface area contributed by atoms with Crippen molar-refractivity contribution >= 4 is 21.5 Å². The highest BCUT2D eigenvalue weighted by Gasteiger charge is 2.32. The van der Waals surface area contributed by atoms with Crippen molar-refractivity contribution in [1.82, 2.24) is 24.7 Å². The smallest absolute Gasteiger partial charge is 0.285 e. The summed E-state index contributed by atoms with van der Waals surface area (Å²) in [5, 5.41) is 9.33. The molecule has 3 aromatic rings. The molecule has 180 valence electrons. The SMILES string of the molecule is CCC(N1CCOCC1)S(=O)(=O)OCOCNc1ccc(-c2nc3c(F)c(C)[nH]n3n2)cc1. The number of hydrogen-bond acceptors (Lipinski definition) is 9. The largest absolute Gasteiger partial charge is 0.379 e. The lowest BCUT2D eigenvalue weighted by molar-refractivity contribution is 0.0131. The summed E-state index contributed by atoms with van der Waals surface area (Å²) in [6.45, 7) is 5.22. The lowest BCUT2D eigenvalue weighted by atomic mass is 10.2. The Bertz CT molecular complexity index is 1170. The van der Waals surface area contributed by atoms with Crippen LogP contribution in [0.4, 0.5) is 10.1 Å². The van der Waals surface area contributed by atoms with Crippen LogP contribution in [0.1, 0.15) is 19.0 Å². The zero-order chi connectivity index (χ0) is 23.4. The Labute approximate surface area is 190 Å². The summed E-state index contributed by atoms with van der Waals surface area (Å²) in [6, 6.07) is 7.16. The molecule has 33 heavy (non-hydrogen) atoms. The molecule has 0 bridgehead atoms. The van der Waals surface area contributed by atoms with E-state index in [0.29, 0.717) is 44.2 Å². The van der Waals surface area contributed by atoms with Crippen LogP contribution in [0.5, 0.6) is 0 Å². The van der Waals surface area contributed by atoms with Gasteiger partial charge in [0, 0.05) is 24.3 Å². The van der Waals surface area contributed by atoms with Crippen LogP contribution in [-0.4, -0.2) is 78.3 Å². The molecule has 1 fully saturated rings. The number of rotatable bonds is 10. The molecule has 3 heterocycles. The number of H-pyrrole nitrogens is 1. The van der Waals surface area contributed by atoms with E-state index < -0.39 is 21.3 Å². The number of benzene rings is 1. The van der Waals surface area contributed by atoms with E-state index in [9.17, 15) is 12.8 Å².